The molecule has 0 unspecified atom stereocenters. The summed E-state index contributed by atoms with van der Waals surface area (Å²) in [6, 6.07) is 0. The average Bonchev–Trinajstić information content (AvgIpc) is 2.59. The predicted molar refractivity (Wildman–Crippen MR) is 57.9 cm³/mol. The van der Waals surface area contributed by atoms with Gasteiger partial charge in [0.25, 0.3) is 5.91 Å². The molecule has 1 aromatic heterocycles. The highest BCUT2D eigenvalue weighted by Crippen LogP contribution is 2.07. The SMILES string of the molecule is CC(=O)NCCNC(=O)c1nc(C)cs1. The lowest BCUT2D eigenvalue weighted by molar-refractivity contribution is -0.118. The van der Waals surface area contributed by atoms with E-state index in [-0.39, 0.29) is 11.8 Å². The van der Waals surface area contributed by atoms with Crippen molar-refractivity contribution in [1.29, 1.82) is 0 Å². The Labute approximate surface area is 91.9 Å². The number of rotatable bonds is 4. The van der Waals surface area contributed by atoms with E-state index in [0.717, 1.165) is 5.69 Å². The molecule has 1 heterocycles. The molecule has 1 rings (SSSR count). The summed E-state index contributed by atoms with van der Waals surface area (Å²) in [6.07, 6.45) is 0. The Balaban J connectivity index is 2.28. The fourth-order valence-corrected chi connectivity index (χ4v) is 1.66. The number of aryl methyl sites for hydroxylation is 1. The van der Waals surface area contributed by atoms with E-state index >= 15 is 0 Å². The van der Waals surface area contributed by atoms with Crippen LogP contribution in [0.5, 0.6) is 0 Å². The summed E-state index contributed by atoms with van der Waals surface area (Å²) in [6.45, 7) is 4.12. The zero-order valence-corrected chi connectivity index (χ0v) is 9.48. The number of hydrogen-bond donors (Lipinski definition) is 2. The van der Waals surface area contributed by atoms with Crippen molar-refractivity contribution < 1.29 is 9.59 Å². The molecule has 15 heavy (non-hydrogen) atoms. The average molecular weight is 227 g/mol. The van der Waals surface area contributed by atoms with Crippen LogP contribution in [-0.4, -0.2) is 29.9 Å². The Bertz CT molecular complexity index is 362. The topological polar surface area (TPSA) is 71.1 Å². The van der Waals surface area contributed by atoms with E-state index in [1.54, 1.807) is 0 Å². The van der Waals surface area contributed by atoms with Gasteiger partial charge in [-0.3, -0.25) is 9.59 Å². The highest BCUT2D eigenvalue weighted by atomic mass is 32.1. The van der Waals surface area contributed by atoms with E-state index in [9.17, 15) is 9.59 Å². The first-order valence-corrected chi connectivity index (χ1v) is 5.42. The minimum Gasteiger partial charge on any atom is -0.355 e. The number of aromatic nitrogens is 1. The van der Waals surface area contributed by atoms with Crippen molar-refractivity contribution in [2.24, 2.45) is 0 Å². The number of thiazole rings is 1. The van der Waals surface area contributed by atoms with E-state index in [1.807, 2.05) is 12.3 Å². The highest BCUT2D eigenvalue weighted by Gasteiger charge is 2.08. The zero-order valence-electron chi connectivity index (χ0n) is 8.66. The summed E-state index contributed by atoms with van der Waals surface area (Å²) in [5, 5.41) is 7.52. The van der Waals surface area contributed by atoms with E-state index < -0.39 is 0 Å². The first-order chi connectivity index (χ1) is 7.09. The second-order valence-electron chi connectivity index (χ2n) is 3.03. The molecule has 0 saturated carbocycles. The summed E-state index contributed by atoms with van der Waals surface area (Å²) in [5.41, 5.74) is 0.840. The third-order valence-corrected chi connectivity index (χ3v) is 2.56. The number of carbonyl (C=O) groups excluding carboxylic acids is 2. The van der Waals surface area contributed by atoms with Crippen molar-refractivity contribution in [3.8, 4) is 0 Å². The Morgan fingerprint density at radius 2 is 2.07 bits per heavy atom. The van der Waals surface area contributed by atoms with Crippen LogP contribution >= 0.6 is 11.3 Å². The molecule has 2 amide bonds. The van der Waals surface area contributed by atoms with Gasteiger partial charge >= 0.3 is 0 Å². The summed E-state index contributed by atoms with van der Waals surface area (Å²) < 4.78 is 0. The van der Waals surface area contributed by atoms with E-state index in [0.29, 0.717) is 18.1 Å². The lowest BCUT2D eigenvalue weighted by Crippen LogP contribution is -2.33. The molecular weight excluding hydrogens is 214 g/mol. The molecule has 0 atom stereocenters. The lowest BCUT2D eigenvalue weighted by atomic mass is 10.5. The molecule has 0 aliphatic heterocycles. The first kappa shape index (κ1) is 11.6. The largest absolute Gasteiger partial charge is 0.355 e. The molecular formula is C9H13N3O2S. The monoisotopic (exact) mass is 227 g/mol. The summed E-state index contributed by atoms with van der Waals surface area (Å²) in [7, 11) is 0. The fraction of sp³-hybridized carbons (Fsp3) is 0.444. The molecule has 0 aliphatic carbocycles. The molecule has 0 saturated heterocycles. The van der Waals surface area contributed by atoms with Crippen LogP contribution in [0.1, 0.15) is 22.4 Å². The number of amides is 2. The molecule has 0 bridgehead atoms. The highest BCUT2D eigenvalue weighted by molar-refractivity contribution is 7.11. The van der Waals surface area contributed by atoms with Crippen molar-refractivity contribution in [1.82, 2.24) is 15.6 Å². The van der Waals surface area contributed by atoms with Gasteiger partial charge in [-0.2, -0.15) is 0 Å². The van der Waals surface area contributed by atoms with Gasteiger partial charge in [-0.25, -0.2) is 4.98 Å². The fourth-order valence-electron chi connectivity index (χ4n) is 0.948. The summed E-state index contributed by atoms with van der Waals surface area (Å²) in [5.74, 6) is -0.298. The maximum atomic E-state index is 11.4. The van der Waals surface area contributed by atoms with Gasteiger partial charge in [0.15, 0.2) is 5.01 Å². The van der Waals surface area contributed by atoms with Gasteiger partial charge in [0.05, 0.1) is 0 Å². The smallest absolute Gasteiger partial charge is 0.280 e. The van der Waals surface area contributed by atoms with Gasteiger partial charge in [0.1, 0.15) is 0 Å². The number of carbonyl (C=O) groups is 2. The maximum absolute atomic E-state index is 11.4. The minimum absolute atomic E-state index is 0.102. The quantitative estimate of drug-likeness (QED) is 0.728. The molecule has 0 spiro atoms. The van der Waals surface area contributed by atoms with Gasteiger partial charge in [-0.05, 0) is 6.92 Å². The first-order valence-electron chi connectivity index (χ1n) is 4.54. The van der Waals surface area contributed by atoms with Crippen LogP contribution < -0.4 is 10.6 Å². The Kier molecular flexibility index (Phi) is 4.23. The van der Waals surface area contributed by atoms with Crippen LogP contribution in [0.25, 0.3) is 0 Å². The number of nitrogens with one attached hydrogen (secondary N) is 2. The van der Waals surface area contributed by atoms with Gasteiger partial charge < -0.3 is 10.6 Å². The predicted octanol–water partition coefficient (Wildman–Crippen LogP) is 0.317. The van der Waals surface area contributed by atoms with Crippen molar-refractivity contribution >= 4 is 23.2 Å². The van der Waals surface area contributed by atoms with Crippen molar-refractivity contribution in [3.05, 3.63) is 16.1 Å². The number of nitrogens with zero attached hydrogens (tertiary/aromatic N) is 1. The van der Waals surface area contributed by atoms with Gasteiger partial charge in [-0.15, -0.1) is 11.3 Å². The summed E-state index contributed by atoms with van der Waals surface area (Å²) in [4.78, 5) is 26.0. The van der Waals surface area contributed by atoms with Crippen LogP contribution in [0.4, 0.5) is 0 Å². The summed E-state index contributed by atoms with van der Waals surface area (Å²) >= 11 is 1.31. The lowest BCUT2D eigenvalue weighted by Gasteiger charge is -2.03. The standard InChI is InChI=1S/C9H13N3O2S/c1-6-5-15-9(12-6)8(14)11-4-3-10-7(2)13/h5H,3-4H2,1-2H3,(H,10,13)(H,11,14). The van der Waals surface area contributed by atoms with Crippen LogP contribution in [0.2, 0.25) is 0 Å². The second-order valence-corrected chi connectivity index (χ2v) is 3.89. The molecule has 1 aromatic rings. The van der Waals surface area contributed by atoms with Gasteiger partial charge in [-0.1, -0.05) is 0 Å². The molecule has 82 valence electrons. The van der Waals surface area contributed by atoms with Gasteiger partial charge in [0, 0.05) is 31.1 Å². The Morgan fingerprint density at radius 3 is 2.60 bits per heavy atom. The van der Waals surface area contributed by atoms with Crippen molar-refractivity contribution in [3.63, 3.8) is 0 Å². The molecule has 0 fully saturated rings. The molecule has 0 radical (unpaired) electrons. The maximum Gasteiger partial charge on any atom is 0.280 e. The van der Waals surface area contributed by atoms with Gasteiger partial charge in [0.2, 0.25) is 5.91 Å². The molecule has 2 N–H and O–H groups in total. The third kappa shape index (κ3) is 4.07. The molecule has 0 aliphatic rings. The van der Waals surface area contributed by atoms with Crippen molar-refractivity contribution in [2.75, 3.05) is 13.1 Å². The minimum atomic E-state index is -0.196. The van der Waals surface area contributed by atoms with Crippen molar-refractivity contribution in [2.45, 2.75) is 13.8 Å². The third-order valence-electron chi connectivity index (χ3n) is 1.60. The number of hydrogen-bond acceptors (Lipinski definition) is 4. The normalized spacial score (nSPS) is 9.73. The van der Waals surface area contributed by atoms with Crippen LogP contribution in [0.15, 0.2) is 5.38 Å². The molecule has 5 nitrogen and oxygen atoms in total. The van der Waals surface area contributed by atoms with E-state index in [1.165, 1.54) is 18.3 Å². The van der Waals surface area contributed by atoms with Crippen LogP contribution in [-0.2, 0) is 4.79 Å². The van der Waals surface area contributed by atoms with Crippen LogP contribution in [0.3, 0.4) is 0 Å². The molecule has 6 heteroatoms. The molecule has 0 aromatic carbocycles. The van der Waals surface area contributed by atoms with E-state index in [2.05, 4.69) is 15.6 Å². The van der Waals surface area contributed by atoms with Crippen LogP contribution in [0, 0.1) is 6.92 Å². The Hall–Kier alpha value is -1.43. The second kappa shape index (κ2) is 5.45. The van der Waals surface area contributed by atoms with E-state index in [4.69, 9.17) is 0 Å². The zero-order chi connectivity index (χ0) is 11.3. The Morgan fingerprint density at radius 1 is 1.40 bits per heavy atom.